The van der Waals surface area contributed by atoms with Crippen LogP contribution in [0, 0.1) is 18.8 Å². The Morgan fingerprint density at radius 1 is 0.478 bits per heavy atom. The Morgan fingerprint density at radius 2 is 1.12 bits per heavy atom. The number of anilines is 4. The van der Waals surface area contributed by atoms with Gasteiger partial charge < -0.3 is 19.1 Å². The molecule has 2 aromatic heterocycles. The maximum atomic E-state index is 6.95. The van der Waals surface area contributed by atoms with Gasteiger partial charge in [-0.25, -0.2) is 4.98 Å². The smallest absolute Gasteiger partial charge is 0.135 e. The molecule has 0 N–H and O–H groups in total. The predicted octanol–water partition coefficient (Wildman–Crippen LogP) is 16.5. The van der Waals surface area contributed by atoms with Crippen molar-refractivity contribution in [3.05, 3.63) is 186 Å². The standard InChI is InChI=1S/C61H65N4O.Pt/c1-57(2,3)41-21-18-22-46(31-41)63-39-64(55-35-42(58(4,5)6)23-28-53(55)63)47-32-45(60(10,11)12)33-49(37-47)66-48-25-26-50-51-34-44(61(13,14)40-19-16-15-17-20-40)24-27-52(51)65(54(50)38-48)56-36-43(29-30-62-56)59(7,8)9;/h15-36,39H,1-14H3;/q-3;. The van der Waals surface area contributed by atoms with Gasteiger partial charge in [-0.1, -0.05) is 163 Å². The molecule has 0 radical (unpaired) electrons. The van der Waals surface area contributed by atoms with E-state index in [9.17, 15) is 0 Å². The minimum atomic E-state index is -0.207. The van der Waals surface area contributed by atoms with Gasteiger partial charge in [-0.2, -0.15) is 6.07 Å². The average Bonchev–Trinajstić information content (AvgIpc) is 3.81. The molecule has 1 aliphatic heterocycles. The van der Waals surface area contributed by atoms with E-state index in [0.717, 1.165) is 55.9 Å². The summed E-state index contributed by atoms with van der Waals surface area (Å²) >= 11 is 0. The first kappa shape index (κ1) is 47.8. The molecule has 0 bridgehead atoms. The van der Waals surface area contributed by atoms with E-state index in [4.69, 9.17) is 9.72 Å². The number of nitrogens with zero attached hydrogens (tertiary/aromatic N) is 4. The fourth-order valence-electron chi connectivity index (χ4n) is 9.05. The van der Waals surface area contributed by atoms with Crippen LogP contribution in [-0.2, 0) is 48.1 Å². The molecule has 3 heterocycles. The van der Waals surface area contributed by atoms with Gasteiger partial charge in [0.25, 0.3) is 0 Å². The number of hydrogen-bond acceptors (Lipinski definition) is 4. The fourth-order valence-corrected chi connectivity index (χ4v) is 9.05. The van der Waals surface area contributed by atoms with E-state index in [2.05, 4.69) is 251 Å². The monoisotopic (exact) mass is 1060 g/mol. The number of fused-ring (bicyclic) bond motifs is 4. The molecule has 0 amide bonds. The van der Waals surface area contributed by atoms with Crippen LogP contribution in [0.5, 0.6) is 11.5 Å². The van der Waals surface area contributed by atoms with Crippen molar-refractivity contribution in [1.29, 1.82) is 0 Å². The number of benzene rings is 6. The van der Waals surface area contributed by atoms with Crippen LogP contribution in [0.4, 0.5) is 22.7 Å². The topological polar surface area (TPSA) is 33.5 Å². The molecule has 67 heavy (non-hydrogen) atoms. The minimum Gasteiger partial charge on any atom is -0.509 e. The summed E-state index contributed by atoms with van der Waals surface area (Å²) in [6.07, 6.45) is 1.93. The van der Waals surface area contributed by atoms with Crippen molar-refractivity contribution in [3.63, 3.8) is 0 Å². The summed E-state index contributed by atoms with van der Waals surface area (Å²) in [4.78, 5) is 9.58. The third kappa shape index (κ3) is 9.21. The van der Waals surface area contributed by atoms with Gasteiger partial charge in [0, 0.05) is 66.8 Å². The molecule has 0 saturated carbocycles. The minimum absolute atomic E-state index is 0. The molecule has 8 aromatic rings. The summed E-state index contributed by atoms with van der Waals surface area (Å²) in [5, 5.41) is 2.24. The third-order valence-corrected chi connectivity index (χ3v) is 13.5. The van der Waals surface area contributed by atoms with E-state index in [1.54, 1.807) is 0 Å². The molecule has 0 unspecified atom stereocenters. The van der Waals surface area contributed by atoms with Crippen molar-refractivity contribution < 1.29 is 25.8 Å². The third-order valence-electron chi connectivity index (χ3n) is 13.5. The van der Waals surface area contributed by atoms with Crippen molar-refractivity contribution in [2.75, 3.05) is 9.80 Å². The molecule has 0 atom stereocenters. The van der Waals surface area contributed by atoms with Crippen molar-refractivity contribution in [2.24, 2.45) is 0 Å². The Balaban J connectivity index is 0.00000608. The normalized spacial score (nSPS) is 13.6. The van der Waals surface area contributed by atoms with Crippen molar-refractivity contribution >= 4 is 44.6 Å². The molecule has 9 rings (SSSR count). The number of pyridine rings is 1. The van der Waals surface area contributed by atoms with Crippen LogP contribution >= 0.6 is 0 Å². The second-order valence-corrected chi connectivity index (χ2v) is 22.9. The van der Waals surface area contributed by atoms with Gasteiger partial charge in [0.05, 0.1) is 0 Å². The summed E-state index contributed by atoms with van der Waals surface area (Å²) in [6.45, 7) is 33.9. The zero-order chi connectivity index (χ0) is 47.1. The van der Waals surface area contributed by atoms with Gasteiger partial charge in [-0.15, -0.1) is 53.6 Å². The van der Waals surface area contributed by atoms with Gasteiger partial charge >= 0.3 is 0 Å². The molecular weight excluding hydrogens is 1000 g/mol. The zero-order valence-electron chi connectivity index (χ0n) is 41.8. The van der Waals surface area contributed by atoms with E-state index in [-0.39, 0.29) is 48.1 Å². The Labute approximate surface area is 414 Å². The van der Waals surface area contributed by atoms with Crippen LogP contribution in [-0.4, -0.2) is 9.55 Å². The van der Waals surface area contributed by atoms with Crippen molar-refractivity contribution in [3.8, 4) is 17.3 Å². The van der Waals surface area contributed by atoms with Crippen LogP contribution in [0.15, 0.2) is 134 Å². The second-order valence-electron chi connectivity index (χ2n) is 22.9. The number of aromatic nitrogens is 2. The molecule has 0 saturated heterocycles. The van der Waals surface area contributed by atoms with Crippen LogP contribution in [0.3, 0.4) is 0 Å². The van der Waals surface area contributed by atoms with Gasteiger partial charge in [-0.05, 0) is 97.3 Å². The van der Waals surface area contributed by atoms with Crippen LogP contribution in [0.1, 0.15) is 130 Å². The molecule has 0 aliphatic carbocycles. The largest absolute Gasteiger partial charge is 0.509 e. The van der Waals surface area contributed by atoms with Gasteiger partial charge in [0.1, 0.15) is 5.82 Å². The SMILES string of the molecule is CC(C)(C)c1cc(Oc2[c-]c3c(cc2)c2cc(C(C)(C)c4ccccc4)ccc2n3-c2cc(C(C)(C)C)ccn2)[c-]c(N2[CH-]N(c3cccc(C(C)(C)C)c3)c3ccc(C(C)(C)C)cc32)c1.[Pt]. The molecule has 6 heteroatoms. The molecule has 5 nitrogen and oxygen atoms in total. The van der Waals surface area contributed by atoms with E-state index < -0.39 is 0 Å². The fraction of sp³-hybridized carbons (Fsp3) is 0.311. The first-order valence-electron chi connectivity index (χ1n) is 23.4. The Kier molecular flexibility index (Phi) is 12.2. The Bertz CT molecular complexity index is 3120. The molecule has 0 fully saturated rings. The van der Waals surface area contributed by atoms with Gasteiger partial charge in [-0.3, -0.25) is 0 Å². The second kappa shape index (κ2) is 17.1. The van der Waals surface area contributed by atoms with Crippen molar-refractivity contribution in [2.45, 2.75) is 124 Å². The number of rotatable bonds is 7. The van der Waals surface area contributed by atoms with E-state index >= 15 is 0 Å². The summed E-state index contributed by atoms with van der Waals surface area (Å²) in [5.41, 5.74) is 13.2. The maximum Gasteiger partial charge on any atom is 0.135 e. The first-order chi connectivity index (χ1) is 31.0. The van der Waals surface area contributed by atoms with Crippen LogP contribution in [0.2, 0.25) is 0 Å². The Morgan fingerprint density at radius 3 is 1.81 bits per heavy atom. The summed E-state index contributed by atoms with van der Waals surface area (Å²) in [5.74, 6) is 2.09. The zero-order valence-corrected chi connectivity index (χ0v) is 44.1. The van der Waals surface area contributed by atoms with Gasteiger partial charge in [0.15, 0.2) is 0 Å². The predicted molar refractivity (Wildman–Crippen MR) is 278 cm³/mol. The molecule has 348 valence electrons. The Hall–Kier alpha value is -5.64. The van der Waals surface area contributed by atoms with Crippen LogP contribution in [0.25, 0.3) is 27.6 Å². The molecular formula is C61H65N4OPt-3. The van der Waals surface area contributed by atoms with E-state index in [1.807, 2.05) is 12.3 Å². The van der Waals surface area contributed by atoms with Gasteiger partial charge in [0.2, 0.25) is 0 Å². The number of ether oxygens (including phenoxy) is 1. The average molecular weight is 1070 g/mol. The molecule has 1 aliphatic rings. The van der Waals surface area contributed by atoms with E-state index in [1.165, 1.54) is 27.8 Å². The van der Waals surface area contributed by atoms with Crippen LogP contribution < -0.4 is 14.5 Å². The maximum absolute atomic E-state index is 6.95. The quantitative estimate of drug-likeness (QED) is 0.149. The number of hydrogen-bond donors (Lipinski definition) is 0. The van der Waals surface area contributed by atoms with E-state index in [0.29, 0.717) is 11.5 Å². The summed E-state index contributed by atoms with van der Waals surface area (Å²) in [6, 6.07) is 53.9. The summed E-state index contributed by atoms with van der Waals surface area (Å²) in [7, 11) is 0. The summed E-state index contributed by atoms with van der Waals surface area (Å²) < 4.78 is 9.20. The molecule has 0 spiro atoms. The first-order valence-corrected chi connectivity index (χ1v) is 23.4. The van der Waals surface area contributed by atoms with Crippen molar-refractivity contribution in [1.82, 2.24) is 9.55 Å². The molecule has 6 aromatic carbocycles.